The first-order valence-corrected chi connectivity index (χ1v) is 16.9. The molecule has 3 heterocycles. The fourth-order valence-electron chi connectivity index (χ4n) is 5.38. The van der Waals surface area contributed by atoms with E-state index in [2.05, 4.69) is 9.71 Å². The van der Waals surface area contributed by atoms with E-state index in [9.17, 15) is 22.8 Å². The number of para-hydroxylation sites is 1. The molecule has 0 radical (unpaired) electrons. The molecule has 2 aromatic carbocycles. The number of hydrogen-bond donors (Lipinski definition) is 1. The van der Waals surface area contributed by atoms with Crippen molar-refractivity contribution in [2.75, 3.05) is 0 Å². The van der Waals surface area contributed by atoms with Crippen LogP contribution in [0.5, 0.6) is 0 Å². The van der Waals surface area contributed by atoms with E-state index in [1.807, 2.05) is 18.2 Å². The molecule has 0 atom stereocenters. The number of sulfonamides is 1. The van der Waals surface area contributed by atoms with Gasteiger partial charge in [-0.1, -0.05) is 29.8 Å². The number of aromatic nitrogens is 3. The van der Waals surface area contributed by atoms with E-state index in [1.54, 1.807) is 45.9 Å². The number of amides is 1. The minimum Gasteiger partial charge on any atom is -0.443 e. The molecule has 0 saturated heterocycles. The Kier molecular flexibility index (Phi) is 8.21. The molecule has 5 aromatic rings. The van der Waals surface area contributed by atoms with E-state index in [-0.39, 0.29) is 39.6 Å². The second kappa shape index (κ2) is 11.9. The number of benzene rings is 2. The zero-order valence-corrected chi connectivity index (χ0v) is 27.7. The number of fused-ring (bicyclic) bond motifs is 2. The van der Waals surface area contributed by atoms with E-state index in [0.717, 1.165) is 5.39 Å². The highest BCUT2D eigenvalue weighted by Gasteiger charge is 2.38. The van der Waals surface area contributed by atoms with Gasteiger partial charge in [0.15, 0.2) is 6.73 Å². The molecule has 1 amide bonds. The van der Waals surface area contributed by atoms with E-state index >= 15 is 4.39 Å². The maximum absolute atomic E-state index is 15.2. The SMILES string of the molecule is Cc1cc2c(-c3cccn(COC(=O)C(C)(C)C)c3=O)c(C(=O)NS(=O)(=O)C3CC3)n(Cc3cc4ccccc4nc3Cl)c2cc1F. The van der Waals surface area contributed by atoms with Gasteiger partial charge in [0.2, 0.25) is 10.0 Å². The topological polar surface area (TPSA) is 129 Å². The monoisotopic (exact) mass is 678 g/mol. The highest BCUT2D eigenvalue weighted by molar-refractivity contribution is 7.91. The number of rotatable bonds is 8. The van der Waals surface area contributed by atoms with Crippen LogP contribution in [0.4, 0.5) is 4.39 Å². The Hall–Kier alpha value is -4.55. The second-order valence-corrected chi connectivity index (χ2v) is 15.1. The van der Waals surface area contributed by atoms with Crippen LogP contribution in [0.2, 0.25) is 5.15 Å². The Labute approximate surface area is 275 Å². The molecular weight excluding hydrogens is 647 g/mol. The first-order valence-electron chi connectivity index (χ1n) is 14.9. The average molecular weight is 679 g/mol. The number of carbonyl (C=O) groups excluding carboxylic acids is 2. The summed E-state index contributed by atoms with van der Waals surface area (Å²) in [7, 11) is -4.03. The van der Waals surface area contributed by atoms with E-state index in [1.165, 1.54) is 33.5 Å². The maximum Gasteiger partial charge on any atom is 0.312 e. The molecule has 0 bridgehead atoms. The van der Waals surface area contributed by atoms with Gasteiger partial charge in [0.05, 0.1) is 33.8 Å². The van der Waals surface area contributed by atoms with Crippen molar-refractivity contribution in [1.29, 1.82) is 0 Å². The minimum absolute atomic E-state index is 0.0192. The highest BCUT2D eigenvalue weighted by Crippen LogP contribution is 2.37. The summed E-state index contributed by atoms with van der Waals surface area (Å²) in [6.45, 7) is 6.10. The smallest absolute Gasteiger partial charge is 0.312 e. The van der Waals surface area contributed by atoms with Crippen LogP contribution in [0.25, 0.3) is 32.9 Å². The standard InChI is InChI=1S/C34H32ClFN4O6S/c1-19-14-24-27(16-25(19)36)40(17-21-15-20-8-5-6-10-26(20)37-30(21)35)29(31(41)38-47(44,45)22-11-12-22)28(24)23-9-7-13-39(32(23)42)18-46-33(43)34(2,3)4/h5-10,13-16,22H,11-12,17-18H2,1-4H3,(H,38,41). The number of ether oxygens (including phenoxy) is 1. The Morgan fingerprint density at radius 1 is 1.11 bits per heavy atom. The average Bonchev–Trinajstić information content (AvgIpc) is 3.82. The molecule has 1 fully saturated rings. The number of hydrogen-bond acceptors (Lipinski definition) is 7. The number of nitrogens with one attached hydrogen (secondary N) is 1. The molecule has 13 heteroatoms. The molecule has 47 heavy (non-hydrogen) atoms. The third-order valence-corrected chi connectivity index (χ3v) is 10.2. The van der Waals surface area contributed by atoms with Crippen molar-refractivity contribution in [3.05, 3.63) is 98.9 Å². The third-order valence-electron chi connectivity index (χ3n) is 8.07. The third kappa shape index (κ3) is 6.27. The molecule has 1 aliphatic rings. The summed E-state index contributed by atoms with van der Waals surface area (Å²) in [4.78, 5) is 45.1. The molecule has 244 valence electrons. The Bertz CT molecular complexity index is 2270. The van der Waals surface area contributed by atoms with Gasteiger partial charge < -0.3 is 9.30 Å². The largest absolute Gasteiger partial charge is 0.443 e. The zero-order valence-electron chi connectivity index (χ0n) is 26.1. The number of nitrogens with zero attached hydrogens (tertiary/aromatic N) is 3. The van der Waals surface area contributed by atoms with Gasteiger partial charge in [0.25, 0.3) is 11.5 Å². The van der Waals surface area contributed by atoms with Gasteiger partial charge in [0.1, 0.15) is 16.7 Å². The van der Waals surface area contributed by atoms with Gasteiger partial charge in [-0.25, -0.2) is 22.5 Å². The lowest BCUT2D eigenvalue weighted by Crippen LogP contribution is -2.35. The Balaban J connectivity index is 1.59. The maximum atomic E-state index is 15.2. The van der Waals surface area contributed by atoms with Crippen LogP contribution >= 0.6 is 11.6 Å². The summed E-state index contributed by atoms with van der Waals surface area (Å²) in [6, 6.07) is 14.9. The first kappa shape index (κ1) is 32.4. The predicted molar refractivity (Wildman–Crippen MR) is 177 cm³/mol. The van der Waals surface area contributed by atoms with Crippen molar-refractivity contribution in [3.8, 4) is 11.1 Å². The fraction of sp³-hybridized carbons (Fsp3) is 0.294. The van der Waals surface area contributed by atoms with E-state index in [0.29, 0.717) is 29.3 Å². The molecule has 0 spiro atoms. The van der Waals surface area contributed by atoms with Gasteiger partial charge >= 0.3 is 5.97 Å². The van der Waals surface area contributed by atoms with Crippen LogP contribution in [0, 0.1) is 18.2 Å². The quantitative estimate of drug-likeness (QED) is 0.159. The molecule has 1 aliphatic carbocycles. The van der Waals surface area contributed by atoms with Crippen LogP contribution in [0.3, 0.4) is 0 Å². The fourth-order valence-corrected chi connectivity index (χ4v) is 6.86. The van der Waals surface area contributed by atoms with Crippen LogP contribution in [0.1, 0.15) is 55.2 Å². The Morgan fingerprint density at radius 2 is 1.83 bits per heavy atom. The summed E-state index contributed by atoms with van der Waals surface area (Å²) in [5, 5.41) is 0.533. The van der Waals surface area contributed by atoms with Gasteiger partial charge in [-0.15, -0.1) is 0 Å². The highest BCUT2D eigenvalue weighted by atomic mass is 35.5. The summed E-state index contributed by atoms with van der Waals surface area (Å²) in [5.41, 5.74) is 0.112. The molecule has 0 unspecified atom stereocenters. The molecule has 0 aliphatic heterocycles. The van der Waals surface area contributed by atoms with Crippen LogP contribution < -0.4 is 10.3 Å². The summed E-state index contributed by atoms with van der Waals surface area (Å²) in [6.07, 6.45) is 2.26. The van der Waals surface area contributed by atoms with Crippen molar-refractivity contribution in [1.82, 2.24) is 18.8 Å². The lowest BCUT2D eigenvalue weighted by Gasteiger charge is -2.17. The zero-order chi connectivity index (χ0) is 33.8. The number of pyridine rings is 2. The molecule has 1 N–H and O–H groups in total. The van der Waals surface area contributed by atoms with Crippen molar-refractivity contribution in [2.45, 2.75) is 59.1 Å². The summed E-state index contributed by atoms with van der Waals surface area (Å²) < 4.78 is 51.5. The molecule has 1 saturated carbocycles. The van der Waals surface area contributed by atoms with Crippen LogP contribution in [-0.4, -0.2) is 39.7 Å². The molecule has 3 aromatic heterocycles. The van der Waals surface area contributed by atoms with Crippen molar-refractivity contribution < 1.29 is 27.1 Å². The van der Waals surface area contributed by atoms with E-state index < -0.39 is 50.7 Å². The van der Waals surface area contributed by atoms with E-state index in [4.69, 9.17) is 16.3 Å². The lowest BCUT2D eigenvalue weighted by molar-refractivity contribution is -0.157. The van der Waals surface area contributed by atoms with Crippen LogP contribution in [-0.2, 0) is 32.8 Å². The second-order valence-electron chi connectivity index (χ2n) is 12.7. The van der Waals surface area contributed by atoms with Crippen molar-refractivity contribution >= 4 is 55.3 Å². The van der Waals surface area contributed by atoms with Gasteiger partial charge in [-0.2, -0.15) is 0 Å². The normalized spacial score (nSPS) is 13.7. The van der Waals surface area contributed by atoms with Gasteiger partial charge in [-0.05, 0) is 82.5 Å². The van der Waals surface area contributed by atoms with Crippen molar-refractivity contribution in [3.63, 3.8) is 0 Å². The predicted octanol–water partition coefficient (Wildman–Crippen LogP) is 5.94. The number of esters is 1. The molecular formula is C34H32ClFN4O6S. The number of carbonyl (C=O) groups is 2. The number of aryl methyl sites for hydroxylation is 1. The van der Waals surface area contributed by atoms with Gasteiger partial charge in [0, 0.05) is 28.1 Å². The molecule has 10 nitrogen and oxygen atoms in total. The van der Waals surface area contributed by atoms with Crippen LogP contribution in [0.15, 0.2) is 65.6 Å². The summed E-state index contributed by atoms with van der Waals surface area (Å²) >= 11 is 6.62. The summed E-state index contributed by atoms with van der Waals surface area (Å²) in [5.74, 6) is -2.08. The minimum atomic E-state index is -4.03. The lowest BCUT2D eigenvalue weighted by atomic mass is 9.98. The first-order chi connectivity index (χ1) is 22.2. The number of halogens is 2. The Morgan fingerprint density at radius 3 is 2.53 bits per heavy atom. The molecule has 6 rings (SSSR count). The van der Waals surface area contributed by atoms with Gasteiger partial charge in [-0.3, -0.25) is 19.0 Å². The van der Waals surface area contributed by atoms with Crippen molar-refractivity contribution in [2.24, 2.45) is 5.41 Å².